The van der Waals surface area contributed by atoms with Crippen LogP contribution in [0.1, 0.15) is 16.8 Å². The summed E-state index contributed by atoms with van der Waals surface area (Å²) in [5, 5.41) is 12.3. The highest BCUT2D eigenvalue weighted by atomic mass is 19.4. The van der Waals surface area contributed by atoms with Gasteiger partial charge in [0, 0.05) is 5.69 Å². The number of benzene rings is 1. The maximum absolute atomic E-state index is 13.7. The molecule has 6 nitrogen and oxygen atoms in total. The lowest BCUT2D eigenvalue weighted by molar-refractivity contribution is -0.137. The fourth-order valence-electron chi connectivity index (χ4n) is 3.00. The number of nitriles is 1. The van der Waals surface area contributed by atoms with Crippen molar-refractivity contribution in [2.45, 2.75) is 13.1 Å². The third kappa shape index (κ3) is 3.65. The second-order valence-corrected chi connectivity index (χ2v) is 6.43. The topological polar surface area (TPSA) is 78.9 Å². The molecular weight excluding hydrogens is 400 g/mol. The lowest BCUT2D eigenvalue weighted by atomic mass is 10.1. The average Bonchev–Trinajstić information content (AvgIpc) is 3.02. The molecule has 10 heteroatoms. The SMILES string of the molecule is Cc1nc2ncc(F)cn2c1-c1cc(C#N)cc(Nc2ccc(C(F)(F)F)cc2)n1. The molecule has 0 spiro atoms. The Kier molecular flexibility index (Phi) is 4.58. The Bertz CT molecular complexity index is 1290. The third-order valence-electron chi connectivity index (χ3n) is 4.30. The Hall–Kier alpha value is -4.00. The molecule has 0 amide bonds. The number of anilines is 2. The van der Waals surface area contributed by atoms with Gasteiger partial charge in [0.05, 0.1) is 46.7 Å². The predicted octanol–water partition coefficient (Wildman–Crippen LogP) is 4.87. The van der Waals surface area contributed by atoms with Gasteiger partial charge in [-0.05, 0) is 43.3 Å². The van der Waals surface area contributed by atoms with Gasteiger partial charge in [0.1, 0.15) is 5.82 Å². The van der Waals surface area contributed by atoms with E-state index in [0.29, 0.717) is 22.8 Å². The standard InChI is InChI=1S/C20H12F4N6/c1-11-18(30-10-14(21)9-26-19(30)27-11)16-6-12(8-25)7-17(29-16)28-15-4-2-13(3-5-15)20(22,23)24/h2-7,9-10H,1H3,(H,28,29). The van der Waals surface area contributed by atoms with Gasteiger partial charge in [0.2, 0.25) is 5.78 Å². The molecule has 30 heavy (non-hydrogen) atoms. The molecule has 0 radical (unpaired) electrons. The van der Waals surface area contributed by atoms with Crippen LogP contribution in [0.4, 0.5) is 29.1 Å². The Labute approximate surface area is 167 Å². The summed E-state index contributed by atoms with van der Waals surface area (Å²) in [5.41, 5.74) is 1.15. The summed E-state index contributed by atoms with van der Waals surface area (Å²) in [6, 6.07) is 9.41. The minimum atomic E-state index is -4.44. The Morgan fingerprint density at radius 3 is 2.50 bits per heavy atom. The summed E-state index contributed by atoms with van der Waals surface area (Å²) in [6.07, 6.45) is -2.18. The first-order valence-electron chi connectivity index (χ1n) is 8.61. The number of nitrogens with zero attached hydrogens (tertiary/aromatic N) is 5. The number of fused-ring (bicyclic) bond motifs is 1. The lowest BCUT2D eigenvalue weighted by Gasteiger charge is -2.11. The van der Waals surface area contributed by atoms with Gasteiger partial charge in [-0.25, -0.2) is 19.3 Å². The van der Waals surface area contributed by atoms with Crippen molar-refractivity contribution < 1.29 is 17.6 Å². The molecule has 0 aliphatic rings. The number of imidazole rings is 1. The van der Waals surface area contributed by atoms with Gasteiger partial charge in [-0.1, -0.05) is 0 Å². The first kappa shape index (κ1) is 19.3. The minimum Gasteiger partial charge on any atom is -0.340 e. The van der Waals surface area contributed by atoms with Crippen molar-refractivity contribution in [3.63, 3.8) is 0 Å². The minimum absolute atomic E-state index is 0.238. The number of rotatable bonds is 3. The molecule has 1 aromatic carbocycles. The van der Waals surface area contributed by atoms with Gasteiger partial charge < -0.3 is 5.32 Å². The van der Waals surface area contributed by atoms with Gasteiger partial charge in [-0.3, -0.25) is 4.40 Å². The zero-order valence-electron chi connectivity index (χ0n) is 15.4. The monoisotopic (exact) mass is 412 g/mol. The summed E-state index contributed by atoms with van der Waals surface area (Å²) in [6.45, 7) is 1.70. The van der Waals surface area contributed by atoms with Crippen LogP contribution < -0.4 is 5.32 Å². The number of alkyl halides is 3. The van der Waals surface area contributed by atoms with Crippen molar-refractivity contribution in [3.05, 3.63) is 71.4 Å². The molecule has 150 valence electrons. The summed E-state index contributed by atoms with van der Waals surface area (Å²) in [7, 11) is 0. The highest BCUT2D eigenvalue weighted by Gasteiger charge is 2.30. The van der Waals surface area contributed by atoms with E-state index in [-0.39, 0.29) is 17.2 Å². The molecule has 0 saturated carbocycles. The number of aryl methyl sites for hydroxylation is 1. The number of nitrogens with one attached hydrogen (secondary N) is 1. The number of hydrogen-bond acceptors (Lipinski definition) is 5. The van der Waals surface area contributed by atoms with Crippen molar-refractivity contribution in [3.8, 4) is 17.5 Å². The predicted molar refractivity (Wildman–Crippen MR) is 100 cm³/mol. The maximum atomic E-state index is 13.7. The molecule has 0 aliphatic carbocycles. The van der Waals surface area contributed by atoms with Crippen LogP contribution in [0.25, 0.3) is 17.2 Å². The van der Waals surface area contributed by atoms with Crippen LogP contribution in [-0.4, -0.2) is 19.4 Å². The van der Waals surface area contributed by atoms with Gasteiger partial charge in [-0.15, -0.1) is 0 Å². The summed E-state index contributed by atoms with van der Waals surface area (Å²) in [5.74, 6) is -0.0616. The highest BCUT2D eigenvalue weighted by molar-refractivity contribution is 5.68. The second-order valence-electron chi connectivity index (χ2n) is 6.43. The third-order valence-corrected chi connectivity index (χ3v) is 4.30. The van der Waals surface area contributed by atoms with Crippen molar-refractivity contribution in [1.29, 1.82) is 5.26 Å². The van der Waals surface area contributed by atoms with E-state index in [0.717, 1.165) is 18.3 Å². The zero-order valence-corrected chi connectivity index (χ0v) is 15.4. The highest BCUT2D eigenvalue weighted by Crippen LogP contribution is 2.31. The van der Waals surface area contributed by atoms with Crippen molar-refractivity contribution >= 4 is 17.3 Å². The zero-order chi connectivity index (χ0) is 21.5. The molecule has 1 N–H and O–H groups in total. The molecule has 0 bridgehead atoms. The van der Waals surface area contributed by atoms with Gasteiger partial charge in [0.15, 0.2) is 5.82 Å². The normalized spacial score (nSPS) is 11.5. The van der Waals surface area contributed by atoms with E-state index in [1.165, 1.54) is 34.9 Å². The molecule has 3 aromatic heterocycles. The van der Waals surface area contributed by atoms with E-state index in [9.17, 15) is 22.8 Å². The quantitative estimate of drug-likeness (QED) is 0.486. The summed E-state index contributed by atoms with van der Waals surface area (Å²) in [4.78, 5) is 12.6. The fourth-order valence-corrected chi connectivity index (χ4v) is 3.00. The molecular formula is C20H12F4N6. The number of halogens is 4. The van der Waals surface area contributed by atoms with E-state index in [1.807, 2.05) is 6.07 Å². The molecule has 0 aliphatic heterocycles. The van der Waals surface area contributed by atoms with E-state index < -0.39 is 17.6 Å². The van der Waals surface area contributed by atoms with Crippen LogP contribution in [0.3, 0.4) is 0 Å². The van der Waals surface area contributed by atoms with Crippen molar-refractivity contribution in [1.82, 2.24) is 19.4 Å². The van der Waals surface area contributed by atoms with Gasteiger partial charge in [-0.2, -0.15) is 18.4 Å². The van der Waals surface area contributed by atoms with Crippen LogP contribution in [0.15, 0.2) is 48.8 Å². The molecule has 0 atom stereocenters. The van der Waals surface area contributed by atoms with Crippen LogP contribution in [0.2, 0.25) is 0 Å². The van der Waals surface area contributed by atoms with Crippen LogP contribution in [0, 0.1) is 24.1 Å². The number of hydrogen-bond donors (Lipinski definition) is 1. The van der Waals surface area contributed by atoms with Crippen LogP contribution in [0.5, 0.6) is 0 Å². The Balaban J connectivity index is 1.76. The maximum Gasteiger partial charge on any atom is 0.416 e. The van der Waals surface area contributed by atoms with Crippen LogP contribution in [-0.2, 0) is 6.18 Å². The van der Waals surface area contributed by atoms with Crippen LogP contribution >= 0.6 is 0 Å². The second kappa shape index (κ2) is 7.11. The van der Waals surface area contributed by atoms with Crippen molar-refractivity contribution in [2.24, 2.45) is 0 Å². The van der Waals surface area contributed by atoms with Gasteiger partial charge in [0.25, 0.3) is 0 Å². The Morgan fingerprint density at radius 2 is 1.83 bits per heavy atom. The molecule has 4 aromatic rings. The Morgan fingerprint density at radius 1 is 1.10 bits per heavy atom. The van der Waals surface area contributed by atoms with Crippen molar-refractivity contribution in [2.75, 3.05) is 5.32 Å². The fraction of sp³-hybridized carbons (Fsp3) is 0.100. The first-order chi connectivity index (χ1) is 14.2. The average molecular weight is 412 g/mol. The lowest BCUT2D eigenvalue weighted by Crippen LogP contribution is -2.04. The van der Waals surface area contributed by atoms with Gasteiger partial charge >= 0.3 is 6.18 Å². The first-order valence-corrected chi connectivity index (χ1v) is 8.61. The molecule has 0 fully saturated rings. The molecule has 0 saturated heterocycles. The molecule has 4 rings (SSSR count). The molecule has 0 unspecified atom stereocenters. The summed E-state index contributed by atoms with van der Waals surface area (Å²) < 4.78 is 53.3. The number of aromatic nitrogens is 4. The smallest absolute Gasteiger partial charge is 0.340 e. The van der Waals surface area contributed by atoms with E-state index in [2.05, 4.69) is 20.3 Å². The summed E-state index contributed by atoms with van der Waals surface area (Å²) >= 11 is 0. The molecule has 3 heterocycles. The van der Waals surface area contributed by atoms with E-state index in [1.54, 1.807) is 6.92 Å². The van der Waals surface area contributed by atoms with E-state index >= 15 is 0 Å². The van der Waals surface area contributed by atoms with E-state index in [4.69, 9.17) is 0 Å². The number of pyridine rings is 1. The largest absolute Gasteiger partial charge is 0.416 e.